The zero-order chi connectivity index (χ0) is 18.3. The van der Waals surface area contributed by atoms with Gasteiger partial charge in [0.2, 0.25) is 0 Å². The number of aromatic amines is 1. The Hall–Kier alpha value is -2.63. The molecule has 0 bridgehead atoms. The molecule has 1 aliphatic rings. The number of imidazole rings is 1. The molecule has 1 amide bonds. The van der Waals surface area contributed by atoms with Crippen molar-refractivity contribution < 1.29 is 4.79 Å². The highest BCUT2D eigenvalue weighted by Gasteiger charge is 2.34. The summed E-state index contributed by atoms with van der Waals surface area (Å²) in [5, 5.41) is 4.39. The molecule has 6 heteroatoms. The van der Waals surface area contributed by atoms with Crippen molar-refractivity contribution in [2.45, 2.75) is 52.6 Å². The highest BCUT2D eigenvalue weighted by molar-refractivity contribution is 5.95. The highest BCUT2D eigenvalue weighted by Crippen LogP contribution is 2.33. The van der Waals surface area contributed by atoms with Gasteiger partial charge >= 0.3 is 0 Å². The predicted molar refractivity (Wildman–Crippen MR) is 101 cm³/mol. The van der Waals surface area contributed by atoms with Crippen molar-refractivity contribution in [1.82, 2.24) is 24.6 Å². The van der Waals surface area contributed by atoms with Crippen molar-refractivity contribution in [2.24, 2.45) is 0 Å². The van der Waals surface area contributed by atoms with Gasteiger partial charge in [-0.15, -0.1) is 0 Å². The summed E-state index contributed by atoms with van der Waals surface area (Å²) in [7, 11) is 0. The summed E-state index contributed by atoms with van der Waals surface area (Å²) in [5.41, 5.74) is 4.84. The lowest BCUT2D eigenvalue weighted by Gasteiger charge is -2.23. The van der Waals surface area contributed by atoms with Gasteiger partial charge in [-0.1, -0.05) is 13.0 Å². The SMILES string of the molecule is CCCn1ncc(C(=O)N2CCC[C@H]2c2nc3ccc(C)cc3[nH]2)c1C. The lowest BCUT2D eigenvalue weighted by atomic mass is 10.2. The number of likely N-dealkylation sites (tertiary alicyclic amines) is 1. The number of aryl methyl sites for hydroxylation is 2. The van der Waals surface area contributed by atoms with Crippen molar-refractivity contribution in [1.29, 1.82) is 0 Å². The summed E-state index contributed by atoms with van der Waals surface area (Å²) in [5.74, 6) is 0.944. The summed E-state index contributed by atoms with van der Waals surface area (Å²) < 4.78 is 1.92. The molecule has 0 spiro atoms. The maximum atomic E-state index is 13.2. The number of amides is 1. The molecule has 4 rings (SSSR count). The third kappa shape index (κ3) is 2.79. The normalized spacial score (nSPS) is 17.3. The van der Waals surface area contributed by atoms with Crippen molar-refractivity contribution in [3.05, 3.63) is 47.0 Å². The number of rotatable bonds is 4. The second-order valence-electron chi connectivity index (χ2n) is 7.17. The Kier molecular flexibility index (Phi) is 4.26. The fourth-order valence-electron chi connectivity index (χ4n) is 3.84. The van der Waals surface area contributed by atoms with E-state index in [0.29, 0.717) is 5.56 Å². The summed E-state index contributed by atoms with van der Waals surface area (Å²) >= 11 is 0. The zero-order valence-corrected chi connectivity index (χ0v) is 15.6. The predicted octanol–water partition coefficient (Wildman–Crippen LogP) is 3.76. The van der Waals surface area contributed by atoms with Gasteiger partial charge in [0.25, 0.3) is 5.91 Å². The van der Waals surface area contributed by atoms with Gasteiger partial charge < -0.3 is 9.88 Å². The van der Waals surface area contributed by atoms with Crippen molar-refractivity contribution >= 4 is 16.9 Å². The number of aromatic nitrogens is 4. The number of nitrogens with one attached hydrogen (secondary N) is 1. The van der Waals surface area contributed by atoms with E-state index < -0.39 is 0 Å². The third-order valence-electron chi connectivity index (χ3n) is 5.25. The summed E-state index contributed by atoms with van der Waals surface area (Å²) in [6, 6.07) is 6.20. The minimum atomic E-state index is 0.00383. The number of nitrogens with zero attached hydrogens (tertiary/aromatic N) is 4. The van der Waals surface area contributed by atoms with Crippen LogP contribution in [0.1, 0.15) is 59.7 Å². The largest absolute Gasteiger partial charge is 0.340 e. The summed E-state index contributed by atoms with van der Waals surface area (Å²) in [4.78, 5) is 23.3. The second kappa shape index (κ2) is 6.59. The van der Waals surface area contributed by atoms with Crippen molar-refractivity contribution in [3.8, 4) is 0 Å². The number of hydrogen-bond donors (Lipinski definition) is 1. The van der Waals surface area contributed by atoms with Crippen LogP contribution in [-0.4, -0.2) is 37.1 Å². The first-order chi connectivity index (χ1) is 12.6. The topological polar surface area (TPSA) is 66.8 Å². The van der Waals surface area contributed by atoms with E-state index in [1.54, 1.807) is 6.20 Å². The molecule has 1 fully saturated rings. The van der Waals surface area contributed by atoms with Crippen LogP contribution in [0.25, 0.3) is 11.0 Å². The Morgan fingerprint density at radius 3 is 3.00 bits per heavy atom. The van der Waals surface area contributed by atoms with E-state index in [1.165, 1.54) is 5.56 Å². The lowest BCUT2D eigenvalue weighted by molar-refractivity contribution is 0.0729. The Balaban J connectivity index is 1.64. The fraction of sp³-hybridized carbons (Fsp3) is 0.450. The first-order valence-electron chi connectivity index (χ1n) is 9.38. The number of benzene rings is 1. The molecule has 0 aliphatic carbocycles. The van der Waals surface area contributed by atoms with Crippen LogP contribution in [0.4, 0.5) is 0 Å². The second-order valence-corrected chi connectivity index (χ2v) is 7.17. The first-order valence-corrected chi connectivity index (χ1v) is 9.38. The van der Waals surface area contributed by atoms with Gasteiger partial charge in [0.05, 0.1) is 28.8 Å². The fourth-order valence-corrected chi connectivity index (χ4v) is 3.84. The van der Waals surface area contributed by atoms with E-state index in [1.807, 2.05) is 22.6 Å². The lowest BCUT2D eigenvalue weighted by Crippen LogP contribution is -2.31. The monoisotopic (exact) mass is 351 g/mol. The van der Waals surface area contributed by atoms with E-state index in [2.05, 4.69) is 36.1 Å². The minimum absolute atomic E-state index is 0.00383. The molecule has 1 aromatic carbocycles. The van der Waals surface area contributed by atoms with Gasteiger partial charge in [0.1, 0.15) is 5.82 Å². The van der Waals surface area contributed by atoms with Crippen LogP contribution in [0, 0.1) is 13.8 Å². The molecule has 6 nitrogen and oxygen atoms in total. The molecular formula is C20H25N5O. The molecule has 0 saturated carbocycles. The third-order valence-corrected chi connectivity index (χ3v) is 5.25. The number of H-pyrrole nitrogens is 1. The van der Waals surface area contributed by atoms with Gasteiger partial charge in [-0.05, 0) is 50.8 Å². The van der Waals surface area contributed by atoms with Crippen LogP contribution in [0.15, 0.2) is 24.4 Å². The maximum absolute atomic E-state index is 13.2. The molecule has 0 radical (unpaired) electrons. The number of hydrogen-bond acceptors (Lipinski definition) is 3. The highest BCUT2D eigenvalue weighted by atomic mass is 16.2. The van der Waals surface area contributed by atoms with Crippen LogP contribution in [0.3, 0.4) is 0 Å². The van der Waals surface area contributed by atoms with E-state index in [-0.39, 0.29) is 11.9 Å². The molecule has 26 heavy (non-hydrogen) atoms. The Bertz CT molecular complexity index is 954. The standard InChI is InChI=1S/C20H25N5O/c1-4-9-25-14(3)15(12-21-25)20(26)24-10-5-6-18(24)19-22-16-8-7-13(2)11-17(16)23-19/h7-8,11-12,18H,4-6,9-10H2,1-3H3,(H,22,23)/t18-/m0/s1. The van der Waals surface area contributed by atoms with Gasteiger partial charge in [-0.2, -0.15) is 5.10 Å². The Labute approximate surface area is 153 Å². The van der Waals surface area contributed by atoms with E-state index in [0.717, 1.165) is 54.9 Å². The summed E-state index contributed by atoms with van der Waals surface area (Å²) in [6.45, 7) is 7.76. The quantitative estimate of drug-likeness (QED) is 0.778. The molecule has 1 saturated heterocycles. The first kappa shape index (κ1) is 16.8. The molecule has 2 aromatic heterocycles. The number of fused-ring (bicyclic) bond motifs is 1. The van der Waals surface area contributed by atoms with Gasteiger partial charge in [-0.3, -0.25) is 9.48 Å². The molecule has 3 heterocycles. The van der Waals surface area contributed by atoms with E-state index in [4.69, 9.17) is 4.98 Å². The smallest absolute Gasteiger partial charge is 0.257 e. The molecule has 1 aliphatic heterocycles. The molecule has 3 aromatic rings. The van der Waals surface area contributed by atoms with Gasteiger partial charge in [0, 0.05) is 18.8 Å². The average Bonchev–Trinajstić information content (AvgIpc) is 3.33. The van der Waals surface area contributed by atoms with E-state index >= 15 is 0 Å². The Morgan fingerprint density at radius 2 is 2.19 bits per heavy atom. The number of carbonyl (C=O) groups excluding carboxylic acids is 1. The van der Waals surface area contributed by atoms with Crippen LogP contribution in [-0.2, 0) is 6.54 Å². The maximum Gasteiger partial charge on any atom is 0.257 e. The Morgan fingerprint density at radius 1 is 1.35 bits per heavy atom. The molecular weight excluding hydrogens is 326 g/mol. The summed E-state index contributed by atoms with van der Waals surface area (Å²) in [6.07, 6.45) is 4.65. The van der Waals surface area contributed by atoms with Gasteiger partial charge in [-0.25, -0.2) is 4.98 Å². The molecule has 0 unspecified atom stereocenters. The molecule has 136 valence electrons. The van der Waals surface area contributed by atoms with Crippen LogP contribution in [0.5, 0.6) is 0 Å². The van der Waals surface area contributed by atoms with Crippen LogP contribution in [0.2, 0.25) is 0 Å². The van der Waals surface area contributed by atoms with Crippen molar-refractivity contribution in [3.63, 3.8) is 0 Å². The molecule has 1 N–H and O–H groups in total. The van der Waals surface area contributed by atoms with E-state index in [9.17, 15) is 4.79 Å². The average molecular weight is 351 g/mol. The number of carbonyl (C=O) groups is 1. The van der Waals surface area contributed by atoms with Crippen molar-refractivity contribution in [2.75, 3.05) is 6.54 Å². The van der Waals surface area contributed by atoms with Crippen LogP contribution < -0.4 is 0 Å². The zero-order valence-electron chi connectivity index (χ0n) is 15.6. The minimum Gasteiger partial charge on any atom is -0.340 e. The van der Waals surface area contributed by atoms with Gasteiger partial charge in [0.15, 0.2) is 0 Å². The molecule has 1 atom stereocenters. The van der Waals surface area contributed by atoms with Crippen LogP contribution >= 0.6 is 0 Å².